The van der Waals surface area contributed by atoms with E-state index in [-0.39, 0.29) is 56.9 Å². The summed E-state index contributed by atoms with van der Waals surface area (Å²) in [5, 5.41) is 12.9. The number of hydrogen-bond acceptors (Lipinski definition) is 5. The molecule has 4 rings (SSSR count). The highest BCUT2D eigenvalue weighted by molar-refractivity contribution is 6.00. The summed E-state index contributed by atoms with van der Waals surface area (Å²) in [5.74, 6) is -3.14. The fraction of sp³-hybridized carbons (Fsp3) is 0.562. The molecule has 0 unspecified atom stereocenters. The zero-order chi connectivity index (χ0) is 30.7. The zero-order valence-electron chi connectivity index (χ0n) is 24.5. The molecule has 0 radical (unpaired) electrons. The average Bonchev–Trinajstić information content (AvgIpc) is 3.47. The van der Waals surface area contributed by atoms with E-state index in [1.165, 1.54) is 12.1 Å². The van der Waals surface area contributed by atoms with Gasteiger partial charge in [0.1, 0.15) is 11.9 Å². The van der Waals surface area contributed by atoms with Gasteiger partial charge in [0.25, 0.3) is 0 Å². The number of halogens is 4. The molecule has 42 heavy (non-hydrogen) atoms. The van der Waals surface area contributed by atoms with E-state index < -0.39 is 41.2 Å². The standard InChI is InChI=1S/C32H41F4N3O3/c1-21-24(11-7-12-26(21)33)28-25(29(41)23-10-6-9-22(17-23)19-40)18-37-20-31(28,14-4-5-15-38(2)3)30(42)39-16-8-13-27(39)32(34,35)36/h6-7,9-12,17,25,27-28,37,40H,4-5,8,13-16,18-20H2,1-3H3/t25-,27-,28-,31+/m0/s1. The first-order chi connectivity index (χ1) is 19.9. The Morgan fingerprint density at radius 2 is 1.88 bits per heavy atom. The highest BCUT2D eigenvalue weighted by Gasteiger charge is 2.58. The number of ketones is 1. The van der Waals surface area contributed by atoms with Crippen molar-refractivity contribution < 1.29 is 32.3 Å². The predicted octanol–water partition coefficient (Wildman–Crippen LogP) is 5.08. The van der Waals surface area contributed by atoms with Crippen molar-refractivity contribution in [2.24, 2.45) is 11.3 Å². The lowest BCUT2D eigenvalue weighted by molar-refractivity contribution is -0.189. The van der Waals surface area contributed by atoms with Crippen molar-refractivity contribution in [1.29, 1.82) is 0 Å². The number of nitrogens with one attached hydrogen (secondary N) is 1. The van der Waals surface area contributed by atoms with Crippen LogP contribution in [0.1, 0.15) is 65.1 Å². The summed E-state index contributed by atoms with van der Waals surface area (Å²) in [7, 11) is 3.85. The van der Waals surface area contributed by atoms with E-state index in [1.54, 1.807) is 37.3 Å². The Hall–Kier alpha value is -2.82. The third-order valence-electron chi connectivity index (χ3n) is 8.97. The van der Waals surface area contributed by atoms with Gasteiger partial charge in [0.2, 0.25) is 5.91 Å². The molecular weight excluding hydrogens is 550 g/mol. The van der Waals surface area contributed by atoms with Crippen molar-refractivity contribution in [3.05, 3.63) is 70.5 Å². The molecule has 2 aliphatic rings. The summed E-state index contributed by atoms with van der Waals surface area (Å²) in [5.41, 5.74) is 0.213. The molecule has 0 aliphatic carbocycles. The van der Waals surface area contributed by atoms with Crippen LogP contribution in [0, 0.1) is 24.1 Å². The first kappa shape index (κ1) is 32.1. The number of amides is 1. The SMILES string of the molecule is Cc1c(F)cccc1[C@H]1[C@@H](C(=O)c2cccc(CO)c2)CNC[C@@]1(CCCCN(C)C)C(=O)N1CCC[C@H]1C(F)(F)F. The Morgan fingerprint density at radius 1 is 1.14 bits per heavy atom. The summed E-state index contributed by atoms with van der Waals surface area (Å²) in [6.45, 7) is 2.30. The molecule has 2 saturated heterocycles. The van der Waals surface area contributed by atoms with Gasteiger partial charge >= 0.3 is 6.18 Å². The van der Waals surface area contributed by atoms with Crippen LogP contribution in [-0.4, -0.2) is 79.1 Å². The number of unbranched alkanes of at least 4 members (excludes halogenated alkanes) is 1. The van der Waals surface area contributed by atoms with Crippen molar-refractivity contribution >= 4 is 11.7 Å². The van der Waals surface area contributed by atoms with Gasteiger partial charge in [0.05, 0.1) is 12.0 Å². The number of carbonyl (C=O) groups is 2. The van der Waals surface area contributed by atoms with Gasteiger partial charge in [-0.15, -0.1) is 0 Å². The number of piperidine rings is 1. The Morgan fingerprint density at radius 3 is 2.57 bits per heavy atom. The van der Waals surface area contributed by atoms with E-state index in [0.29, 0.717) is 29.5 Å². The highest BCUT2D eigenvalue weighted by Crippen LogP contribution is 2.51. The van der Waals surface area contributed by atoms with Crippen molar-refractivity contribution in [2.75, 3.05) is 40.3 Å². The molecule has 4 atom stereocenters. The quantitative estimate of drug-likeness (QED) is 0.229. The number of aliphatic hydroxyl groups is 1. The number of aliphatic hydroxyl groups excluding tert-OH is 1. The van der Waals surface area contributed by atoms with Gasteiger partial charge in [-0.3, -0.25) is 9.59 Å². The molecule has 6 nitrogen and oxygen atoms in total. The summed E-state index contributed by atoms with van der Waals surface area (Å²) < 4.78 is 57.5. The highest BCUT2D eigenvalue weighted by atomic mass is 19.4. The number of likely N-dealkylation sites (tertiary alicyclic amines) is 1. The van der Waals surface area contributed by atoms with Crippen LogP contribution in [0.4, 0.5) is 17.6 Å². The normalized spacial score (nSPS) is 24.8. The fourth-order valence-electron chi connectivity index (χ4n) is 6.88. The second kappa shape index (κ2) is 13.2. The van der Waals surface area contributed by atoms with E-state index >= 15 is 4.39 Å². The van der Waals surface area contributed by atoms with Crippen molar-refractivity contribution in [3.63, 3.8) is 0 Å². The lowest BCUT2D eigenvalue weighted by Gasteiger charge is -2.50. The lowest BCUT2D eigenvalue weighted by atomic mass is 9.59. The summed E-state index contributed by atoms with van der Waals surface area (Å²) in [6, 6.07) is 9.22. The van der Waals surface area contributed by atoms with E-state index in [9.17, 15) is 27.9 Å². The van der Waals surface area contributed by atoms with Gasteiger partial charge in [-0.2, -0.15) is 13.2 Å². The molecular formula is C32H41F4N3O3. The van der Waals surface area contributed by atoms with Crippen molar-refractivity contribution in [3.8, 4) is 0 Å². The van der Waals surface area contributed by atoms with E-state index in [0.717, 1.165) is 11.4 Å². The van der Waals surface area contributed by atoms with Gasteiger partial charge < -0.3 is 20.2 Å². The molecule has 0 spiro atoms. The smallest absolute Gasteiger partial charge is 0.392 e. The lowest BCUT2D eigenvalue weighted by Crippen LogP contribution is -2.61. The maximum atomic E-state index is 15.1. The zero-order valence-corrected chi connectivity index (χ0v) is 24.5. The molecule has 0 bridgehead atoms. The predicted molar refractivity (Wildman–Crippen MR) is 153 cm³/mol. The second-order valence-corrected chi connectivity index (χ2v) is 12.0. The second-order valence-electron chi connectivity index (χ2n) is 12.0. The van der Waals surface area contributed by atoms with Gasteiger partial charge in [-0.25, -0.2) is 4.39 Å². The number of hydrogen-bond donors (Lipinski definition) is 2. The van der Waals surface area contributed by atoms with Crippen LogP contribution in [0.25, 0.3) is 0 Å². The summed E-state index contributed by atoms with van der Waals surface area (Å²) in [6.07, 6.45) is -3.02. The monoisotopic (exact) mass is 591 g/mol. The van der Waals surface area contributed by atoms with Gasteiger partial charge in [-0.05, 0) is 82.1 Å². The summed E-state index contributed by atoms with van der Waals surface area (Å²) in [4.78, 5) is 31.8. The van der Waals surface area contributed by atoms with Crippen LogP contribution in [0.5, 0.6) is 0 Å². The Bertz CT molecular complexity index is 1270. The molecule has 2 aromatic carbocycles. The van der Waals surface area contributed by atoms with Crippen molar-refractivity contribution in [2.45, 2.75) is 63.8 Å². The number of nitrogens with zero attached hydrogens (tertiary/aromatic N) is 2. The van der Waals surface area contributed by atoms with Crippen molar-refractivity contribution in [1.82, 2.24) is 15.1 Å². The third kappa shape index (κ3) is 6.55. The molecule has 1 amide bonds. The molecule has 2 N–H and O–H groups in total. The van der Waals surface area contributed by atoms with E-state index in [2.05, 4.69) is 5.32 Å². The largest absolute Gasteiger partial charge is 0.408 e. The Balaban J connectivity index is 1.88. The van der Waals surface area contributed by atoms with Gasteiger partial charge in [-0.1, -0.05) is 36.8 Å². The number of Topliss-reactive ketones (excluding diaryl/α,β-unsaturated/α-hetero) is 1. The fourth-order valence-corrected chi connectivity index (χ4v) is 6.88. The Kier molecular flexibility index (Phi) is 10.1. The van der Waals surface area contributed by atoms with Crippen LogP contribution >= 0.6 is 0 Å². The molecule has 2 aromatic rings. The molecule has 2 heterocycles. The van der Waals surface area contributed by atoms with E-state index in [1.807, 2.05) is 19.0 Å². The molecule has 2 aliphatic heterocycles. The summed E-state index contributed by atoms with van der Waals surface area (Å²) >= 11 is 0. The minimum atomic E-state index is -4.58. The molecule has 0 saturated carbocycles. The number of rotatable bonds is 10. The maximum absolute atomic E-state index is 15.1. The van der Waals surface area contributed by atoms with Gasteiger partial charge in [0.15, 0.2) is 5.78 Å². The number of alkyl halides is 3. The molecule has 10 heteroatoms. The number of benzene rings is 2. The number of carbonyl (C=O) groups excluding carboxylic acids is 2. The molecule has 2 fully saturated rings. The van der Waals surface area contributed by atoms with Crippen LogP contribution in [-0.2, 0) is 11.4 Å². The maximum Gasteiger partial charge on any atom is 0.408 e. The van der Waals surface area contributed by atoms with Crippen LogP contribution in [0.3, 0.4) is 0 Å². The average molecular weight is 592 g/mol. The minimum absolute atomic E-state index is 0.0194. The van der Waals surface area contributed by atoms with Gasteiger partial charge in [0, 0.05) is 37.0 Å². The topological polar surface area (TPSA) is 72.9 Å². The first-order valence-corrected chi connectivity index (χ1v) is 14.6. The minimum Gasteiger partial charge on any atom is -0.392 e. The van der Waals surface area contributed by atoms with Crippen LogP contribution in [0.15, 0.2) is 42.5 Å². The van der Waals surface area contributed by atoms with Crippen LogP contribution < -0.4 is 5.32 Å². The first-order valence-electron chi connectivity index (χ1n) is 14.6. The Labute approximate surface area is 245 Å². The molecule has 230 valence electrons. The third-order valence-corrected chi connectivity index (χ3v) is 8.97. The van der Waals surface area contributed by atoms with Crippen LogP contribution in [0.2, 0.25) is 0 Å². The molecule has 0 aromatic heterocycles. The van der Waals surface area contributed by atoms with E-state index in [4.69, 9.17) is 0 Å².